The predicted octanol–water partition coefficient (Wildman–Crippen LogP) is 1.12. The van der Waals surface area contributed by atoms with Gasteiger partial charge >= 0.3 is 0 Å². The lowest BCUT2D eigenvalue weighted by molar-refractivity contribution is -0.121. The predicted molar refractivity (Wildman–Crippen MR) is 119 cm³/mol. The third-order valence-electron chi connectivity index (χ3n) is 4.93. The van der Waals surface area contributed by atoms with Gasteiger partial charge in [-0.2, -0.15) is 10.2 Å². The lowest BCUT2D eigenvalue weighted by Crippen LogP contribution is -2.47. The first-order valence-electron chi connectivity index (χ1n) is 10.0. The molecule has 1 N–H and O–H groups in total. The summed E-state index contributed by atoms with van der Waals surface area (Å²) in [5, 5.41) is 8.31. The summed E-state index contributed by atoms with van der Waals surface area (Å²) >= 11 is 0. The van der Waals surface area contributed by atoms with Crippen LogP contribution in [-0.2, 0) is 11.3 Å². The summed E-state index contributed by atoms with van der Waals surface area (Å²) in [7, 11) is 0. The Morgan fingerprint density at radius 1 is 0.935 bits per heavy atom. The summed E-state index contributed by atoms with van der Waals surface area (Å²) in [4.78, 5) is 33.1. The molecule has 3 aromatic rings. The maximum Gasteiger partial charge on any atom is 0.267 e. The quantitative estimate of drug-likeness (QED) is 0.477. The molecular weight excluding hydrogens is 394 g/mol. The molecule has 9 nitrogen and oxygen atoms in total. The Morgan fingerprint density at radius 2 is 1.65 bits per heavy atom. The lowest BCUT2D eigenvalue weighted by atomic mass is 10.2. The molecule has 4 rings (SSSR count). The smallest absolute Gasteiger partial charge is 0.267 e. The van der Waals surface area contributed by atoms with Crippen molar-refractivity contribution in [2.24, 2.45) is 5.10 Å². The molecule has 1 saturated heterocycles. The van der Waals surface area contributed by atoms with E-state index in [-0.39, 0.29) is 12.1 Å². The van der Waals surface area contributed by atoms with Crippen LogP contribution in [-0.4, -0.2) is 53.1 Å². The molecule has 158 valence electrons. The van der Waals surface area contributed by atoms with E-state index >= 15 is 0 Å². The molecule has 1 aromatic carbocycles. The van der Waals surface area contributed by atoms with Crippen molar-refractivity contribution in [3.63, 3.8) is 0 Å². The van der Waals surface area contributed by atoms with Crippen LogP contribution in [0.4, 0.5) is 11.6 Å². The number of hydrogen-bond donors (Lipinski definition) is 1. The highest BCUT2D eigenvalue weighted by molar-refractivity contribution is 5.82. The zero-order chi connectivity index (χ0) is 21.5. The molecule has 1 aliphatic heterocycles. The van der Waals surface area contributed by atoms with Gasteiger partial charge in [0.1, 0.15) is 18.2 Å². The van der Waals surface area contributed by atoms with Crippen molar-refractivity contribution in [3.05, 3.63) is 82.8 Å². The molecule has 1 amide bonds. The van der Waals surface area contributed by atoms with Gasteiger partial charge in [-0.3, -0.25) is 9.59 Å². The summed E-state index contributed by atoms with van der Waals surface area (Å²) in [6.45, 7) is 2.89. The highest BCUT2D eigenvalue weighted by Crippen LogP contribution is 2.16. The van der Waals surface area contributed by atoms with Gasteiger partial charge in [-0.25, -0.2) is 15.1 Å². The van der Waals surface area contributed by atoms with E-state index in [0.717, 1.165) is 42.2 Å². The standard InChI is InChI=1S/C22H23N7O2/c30-21(25-24-16-18-6-2-1-3-7-18)17-29-22(31)10-9-20(26-29)28-14-12-27(13-15-28)19-8-4-5-11-23-19/h1-11,16H,12-15,17H2,(H,25,30)/b24-16+. The number of carbonyl (C=O) groups is 1. The highest BCUT2D eigenvalue weighted by atomic mass is 16.2. The molecule has 0 bridgehead atoms. The maximum atomic E-state index is 12.2. The minimum absolute atomic E-state index is 0.202. The number of nitrogens with one attached hydrogen (secondary N) is 1. The number of nitrogens with zero attached hydrogens (tertiary/aromatic N) is 6. The molecule has 0 atom stereocenters. The fourth-order valence-corrected chi connectivity index (χ4v) is 3.31. The van der Waals surface area contributed by atoms with Gasteiger partial charge in [-0.15, -0.1) is 0 Å². The second-order valence-electron chi connectivity index (χ2n) is 7.05. The fourth-order valence-electron chi connectivity index (χ4n) is 3.31. The normalized spacial score (nSPS) is 14.1. The third kappa shape index (κ3) is 5.33. The van der Waals surface area contributed by atoms with Crippen LogP contribution in [0, 0.1) is 0 Å². The van der Waals surface area contributed by atoms with E-state index in [0.29, 0.717) is 5.82 Å². The number of amides is 1. The van der Waals surface area contributed by atoms with Crippen molar-refractivity contribution in [1.82, 2.24) is 20.2 Å². The van der Waals surface area contributed by atoms with E-state index in [2.05, 4.69) is 30.4 Å². The van der Waals surface area contributed by atoms with Crippen LogP contribution in [0.15, 0.2) is 76.8 Å². The highest BCUT2D eigenvalue weighted by Gasteiger charge is 2.19. The van der Waals surface area contributed by atoms with Crippen molar-refractivity contribution in [1.29, 1.82) is 0 Å². The summed E-state index contributed by atoms with van der Waals surface area (Å²) in [5.41, 5.74) is 2.96. The van der Waals surface area contributed by atoms with E-state index in [4.69, 9.17) is 0 Å². The van der Waals surface area contributed by atoms with Gasteiger partial charge in [0.05, 0.1) is 6.21 Å². The van der Waals surface area contributed by atoms with E-state index in [9.17, 15) is 9.59 Å². The molecule has 3 heterocycles. The van der Waals surface area contributed by atoms with Crippen LogP contribution in [0.1, 0.15) is 5.56 Å². The number of anilines is 2. The zero-order valence-corrected chi connectivity index (χ0v) is 17.0. The molecular formula is C22H23N7O2. The number of pyridine rings is 1. The minimum Gasteiger partial charge on any atom is -0.353 e. The van der Waals surface area contributed by atoms with Crippen LogP contribution < -0.4 is 20.8 Å². The Hall–Kier alpha value is -4.01. The third-order valence-corrected chi connectivity index (χ3v) is 4.93. The van der Waals surface area contributed by atoms with Gasteiger partial charge in [0.15, 0.2) is 0 Å². The summed E-state index contributed by atoms with van der Waals surface area (Å²) < 4.78 is 1.16. The first kappa shape index (κ1) is 20.3. The summed E-state index contributed by atoms with van der Waals surface area (Å²) in [6, 6.07) is 18.4. The van der Waals surface area contributed by atoms with Crippen LogP contribution in [0.5, 0.6) is 0 Å². The van der Waals surface area contributed by atoms with Crippen LogP contribution >= 0.6 is 0 Å². The molecule has 0 saturated carbocycles. The van der Waals surface area contributed by atoms with Gasteiger partial charge in [0, 0.05) is 38.4 Å². The van der Waals surface area contributed by atoms with Gasteiger partial charge in [-0.05, 0) is 23.8 Å². The van der Waals surface area contributed by atoms with Gasteiger partial charge in [-0.1, -0.05) is 36.4 Å². The van der Waals surface area contributed by atoms with E-state index in [1.165, 1.54) is 6.07 Å². The van der Waals surface area contributed by atoms with Gasteiger partial charge < -0.3 is 9.80 Å². The molecule has 0 unspecified atom stereocenters. The number of aromatic nitrogens is 3. The number of hydrazone groups is 1. The summed E-state index contributed by atoms with van der Waals surface area (Å²) in [6.07, 6.45) is 3.33. The average Bonchev–Trinajstić information content (AvgIpc) is 2.82. The zero-order valence-electron chi connectivity index (χ0n) is 17.0. The van der Waals surface area contributed by atoms with Crippen LogP contribution in [0.25, 0.3) is 0 Å². The number of piperazine rings is 1. The number of hydrogen-bond acceptors (Lipinski definition) is 7. The second-order valence-corrected chi connectivity index (χ2v) is 7.05. The first-order chi connectivity index (χ1) is 15.2. The Balaban J connectivity index is 1.35. The maximum absolute atomic E-state index is 12.2. The van der Waals surface area contributed by atoms with E-state index in [1.54, 1.807) is 18.5 Å². The van der Waals surface area contributed by atoms with Gasteiger partial charge in [0.25, 0.3) is 11.5 Å². The Bertz CT molecular complexity index is 1090. The Kier molecular flexibility index (Phi) is 6.32. The largest absolute Gasteiger partial charge is 0.353 e. The molecule has 31 heavy (non-hydrogen) atoms. The van der Waals surface area contributed by atoms with Crippen molar-refractivity contribution < 1.29 is 4.79 Å². The van der Waals surface area contributed by atoms with Crippen LogP contribution in [0.3, 0.4) is 0 Å². The van der Waals surface area contributed by atoms with E-state index in [1.807, 2.05) is 48.5 Å². The van der Waals surface area contributed by atoms with Crippen molar-refractivity contribution in [2.75, 3.05) is 36.0 Å². The van der Waals surface area contributed by atoms with Crippen LogP contribution in [0.2, 0.25) is 0 Å². The molecule has 9 heteroatoms. The summed E-state index contributed by atoms with van der Waals surface area (Å²) in [5.74, 6) is 1.20. The number of rotatable bonds is 6. The minimum atomic E-state index is -0.418. The molecule has 1 fully saturated rings. The monoisotopic (exact) mass is 417 g/mol. The Labute approximate surface area is 179 Å². The molecule has 0 aliphatic carbocycles. The number of benzene rings is 1. The molecule has 0 radical (unpaired) electrons. The van der Waals surface area contributed by atoms with Crippen molar-refractivity contribution in [2.45, 2.75) is 6.54 Å². The molecule has 1 aliphatic rings. The lowest BCUT2D eigenvalue weighted by Gasteiger charge is -2.36. The topological polar surface area (TPSA) is 95.7 Å². The second kappa shape index (κ2) is 9.66. The number of carbonyl (C=O) groups excluding carboxylic acids is 1. The first-order valence-corrected chi connectivity index (χ1v) is 10.0. The fraction of sp³-hybridized carbons (Fsp3) is 0.227. The van der Waals surface area contributed by atoms with Gasteiger partial charge in [0.2, 0.25) is 0 Å². The SMILES string of the molecule is O=C(Cn1nc(N2CCN(c3ccccn3)CC2)ccc1=O)N/N=C/c1ccccc1. The van der Waals surface area contributed by atoms with Crippen molar-refractivity contribution >= 4 is 23.8 Å². The molecule has 0 spiro atoms. The van der Waals surface area contributed by atoms with Crippen molar-refractivity contribution in [3.8, 4) is 0 Å². The Morgan fingerprint density at radius 3 is 2.35 bits per heavy atom. The van der Waals surface area contributed by atoms with E-state index < -0.39 is 5.91 Å². The molecule has 2 aromatic heterocycles. The average molecular weight is 417 g/mol.